The van der Waals surface area contributed by atoms with Gasteiger partial charge < -0.3 is 15.3 Å². The molecule has 1 aromatic carbocycles. The Labute approximate surface area is 112 Å². The van der Waals surface area contributed by atoms with Gasteiger partial charge in [-0.05, 0) is 45.1 Å². The van der Waals surface area contributed by atoms with Crippen molar-refractivity contribution in [1.29, 1.82) is 0 Å². The van der Waals surface area contributed by atoms with Gasteiger partial charge in [0.1, 0.15) is 6.04 Å². The molecule has 0 radical (unpaired) electrons. The fourth-order valence-corrected chi connectivity index (χ4v) is 2.41. The van der Waals surface area contributed by atoms with Gasteiger partial charge in [0.2, 0.25) is 0 Å². The van der Waals surface area contributed by atoms with Crippen molar-refractivity contribution < 1.29 is 9.90 Å². The highest BCUT2D eigenvalue weighted by molar-refractivity contribution is 7.98. The van der Waals surface area contributed by atoms with E-state index in [1.165, 1.54) is 4.90 Å². The monoisotopic (exact) mass is 268 g/mol. The van der Waals surface area contributed by atoms with E-state index < -0.39 is 12.0 Å². The summed E-state index contributed by atoms with van der Waals surface area (Å²) in [6, 6.07) is 7.20. The minimum Gasteiger partial charge on any atom is -0.480 e. The second-order valence-electron chi connectivity index (χ2n) is 4.29. The van der Waals surface area contributed by atoms with Gasteiger partial charge in [0.15, 0.2) is 0 Å². The quantitative estimate of drug-likeness (QED) is 0.769. The van der Waals surface area contributed by atoms with Crippen molar-refractivity contribution >= 4 is 17.7 Å². The van der Waals surface area contributed by atoms with Crippen LogP contribution in [0, 0.1) is 0 Å². The zero-order valence-corrected chi connectivity index (χ0v) is 12.0. The molecule has 0 spiro atoms. The smallest absolute Gasteiger partial charge is 0.322 e. The first-order chi connectivity index (χ1) is 8.51. The molecule has 0 saturated heterocycles. The lowest BCUT2D eigenvalue weighted by Crippen LogP contribution is -2.45. The number of carboxylic acid groups (broad SMARTS) is 1. The van der Waals surface area contributed by atoms with E-state index in [1.807, 2.05) is 49.5 Å². The molecule has 0 aromatic heterocycles. The van der Waals surface area contributed by atoms with Gasteiger partial charge in [0.25, 0.3) is 0 Å². The van der Waals surface area contributed by atoms with Crippen molar-refractivity contribution in [2.75, 3.05) is 27.4 Å². The fourth-order valence-electron chi connectivity index (χ4n) is 2.01. The molecule has 2 unspecified atom stereocenters. The number of hydrogen-bond acceptors (Lipinski definition) is 4. The molecule has 4 nitrogen and oxygen atoms in total. The Hall–Kier alpha value is -1.04. The van der Waals surface area contributed by atoms with Crippen molar-refractivity contribution in [1.82, 2.24) is 10.2 Å². The molecule has 0 saturated carbocycles. The zero-order valence-electron chi connectivity index (χ0n) is 11.2. The van der Waals surface area contributed by atoms with Crippen molar-refractivity contribution in [3.63, 3.8) is 0 Å². The first-order valence-electron chi connectivity index (χ1n) is 5.71. The fraction of sp³-hybridized carbons (Fsp3) is 0.462. The Morgan fingerprint density at radius 2 is 1.89 bits per heavy atom. The van der Waals surface area contributed by atoms with Crippen molar-refractivity contribution in [2.45, 2.75) is 17.0 Å². The number of carboxylic acids is 1. The molecular weight excluding hydrogens is 248 g/mol. The number of benzene rings is 1. The van der Waals surface area contributed by atoms with Crippen LogP contribution in [0.2, 0.25) is 0 Å². The number of thioether (sulfide) groups is 1. The van der Waals surface area contributed by atoms with Crippen LogP contribution in [0.15, 0.2) is 29.2 Å². The van der Waals surface area contributed by atoms with Crippen LogP contribution >= 0.6 is 11.8 Å². The Bertz CT molecular complexity index is 392. The van der Waals surface area contributed by atoms with Crippen molar-refractivity contribution in [2.24, 2.45) is 0 Å². The third-order valence-corrected chi connectivity index (χ3v) is 3.65. The van der Waals surface area contributed by atoms with Crippen LogP contribution in [0.3, 0.4) is 0 Å². The predicted molar refractivity (Wildman–Crippen MR) is 75.1 cm³/mol. The molecule has 0 bridgehead atoms. The van der Waals surface area contributed by atoms with Crippen LogP contribution in [0.4, 0.5) is 0 Å². The molecule has 2 atom stereocenters. The van der Waals surface area contributed by atoms with Gasteiger partial charge in [0, 0.05) is 4.90 Å². The standard InChI is InChI=1S/C13H20N2O2S/c1-14-11(13(16)17)12(15(2)3)9-5-7-10(18-4)8-6-9/h5-8,11-12,14H,1-4H3,(H,16,17). The molecule has 1 aromatic rings. The van der Waals surface area contributed by atoms with Crippen molar-refractivity contribution in [3.05, 3.63) is 29.8 Å². The highest BCUT2D eigenvalue weighted by Crippen LogP contribution is 2.25. The average Bonchev–Trinajstić information content (AvgIpc) is 2.35. The summed E-state index contributed by atoms with van der Waals surface area (Å²) in [6.07, 6.45) is 2.02. The zero-order chi connectivity index (χ0) is 13.7. The maximum atomic E-state index is 11.3. The molecule has 18 heavy (non-hydrogen) atoms. The maximum Gasteiger partial charge on any atom is 0.322 e. The molecule has 0 aliphatic carbocycles. The minimum atomic E-state index is -0.842. The summed E-state index contributed by atoms with van der Waals surface area (Å²) in [5.74, 6) is -0.842. The second-order valence-corrected chi connectivity index (χ2v) is 5.17. The molecule has 0 heterocycles. The Balaban J connectivity index is 3.06. The first kappa shape index (κ1) is 15.0. The third kappa shape index (κ3) is 3.48. The van der Waals surface area contributed by atoms with Crippen LogP contribution < -0.4 is 5.32 Å². The number of aliphatic carboxylic acids is 1. The summed E-state index contributed by atoms with van der Waals surface area (Å²) in [5.41, 5.74) is 1.000. The van der Waals surface area contributed by atoms with Gasteiger partial charge in [-0.2, -0.15) is 0 Å². The molecule has 100 valence electrons. The van der Waals surface area contributed by atoms with E-state index >= 15 is 0 Å². The van der Waals surface area contributed by atoms with Crippen LogP contribution in [0.1, 0.15) is 11.6 Å². The lowest BCUT2D eigenvalue weighted by atomic mass is 9.98. The summed E-state index contributed by atoms with van der Waals surface area (Å²) in [4.78, 5) is 14.4. The summed E-state index contributed by atoms with van der Waals surface area (Å²) in [6.45, 7) is 0. The normalized spacial score (nSPS) is 14.5. The summed E-state index contributed by atoms with van der Waals surface area (Å²) in [5, 5.41) is 12.1. The maximum absolute atomic E-state index is 11.3. The Morgan fingerprint density at radius 3 is 2.22 bits per heavy atom. The Morgan fingerprint density at radius 1 is 1.33 bits per heavy atom. The SMILES string of the molecule is CNC(C(=O)O)C(c1ccc(SC)cc1)N(C)C. The summed E-state index contributed by atoms with van der Waals surface area (Å²) < 4.78 is 0. The molecule has 0 aliphatic heterocycles. The van der Waals surface area contributed by atoms with E-state index in [4.69, 9.17) is 0 Å². The summed E-state index contributed by atoms with van der Waals surface area (Å²) >= 11 is 1.67. The number of nitrogens with one attached hydrogen (secondary N) is 1. The average molecular weight is 268 g/mol. The molecule has 0 fully saturated rings. The Kier molecular flexibility index (Phi) is 5.65. The molecule has 2 N–H and O–H groups in total. The number of carbonyl (C=O) groups is 1. The van der Waals surface area contributed by atoms with Gasteiger partial charge >= 0.3 is 5.97 Å². The van der Waals surface area contributed by atoms with Crippen LogP contribution in [0.25, 0.3) is 0 Å². The molecule has 0 amide bonds. The van der Waals surface area contributed by atoms with Gasteiger partial charge in [-0.1, -0.05) is 12.1 Å². The number of nitrogens with zero attached hydrogens (tertiary/aromatic N) is 1. The van der Waals surface area contributed by atoms with E-state index in [9.17, 15) is 9.90 Å². The topological polar surface area (TPSA) is 52.6 Å². The largest absolute Gasteiger partial charge is 0.480 e. The second kappa shape index (κ2) is 6.78. The lowest BCUT2D eigenvalue weighted by Gasteiger charge is -2.30. The molecule has 0 aliphatic rings. The highest BCUT2D eigenvalue weighted by atomic mass is 32.2. The molecular formula is C13H20N2O2S. The van der Waals surface area contributed by atoms with Gasteiger partial charge in [-0.15, -0.1) is 11.8 Å². The van der Waals surface area contributed by atoms with Gasteiger partial charge in [0.05, 0.1) is 6.04 Å². The van der Waals surface area contributed by atoms with Gasteiger partial charge in [-0.25, -0.2) is 0 Å². The third-order valence-electron chi connectivity index (χ3n) is 2.91. The lowest BCUT2D eigenvalue weighted by molar-refractivity contribution is -0.141. The van der Waals surface area contributed by atoms with E-state index in [0.29, 0.717) is 0 Å². The minimum absolute atomic E-state index is 0.191. The first-order valence-corrected chi connectivity index (χ1v) is 6.94. The number of hydrogen-bond donors (Lipinski definition) is 2. The molecule has 5 heteroatoms. The van der Waals surface area contributed by atoms with E-state index in [0.717, 1.165) is 5.56 Å². The van der Waals surface area contributed by atoms with Crippen molar-refractivity contribution in [3.8, 4) is 0 Å². The molecule has 1 rings (SSSR count). The number of rotatable bonds is 6. The van der Waals surface area contributed by atoms with Crippen LogP contribution in [-0.4, -0.2) is 49.4 Å². The van der Waals surface area contributed by atoms with E-state index in [-0.39, 0.29) is 6.04 Å². The van der Waals surface area contributed by atoms with E-state index in [1.54, 1.807) is 18.8 Å². The van der Waals surface area contributed by atoms with Gasteiger partial charge in [-0.3, -0.25) is 4.79 Å². The number of likely N-dealkylation sites (N-methyl/N-ethyl adjacent to an activating group) is 2. The predicted octanol–water partition coefficient (Wildman–Crippen LogP) is 1.68. The van der Waals surface area contributed by atoms with Crippen LogP contribution in [-0.2, 0) is 4.79 Å². The summed E-state index contributed by atoms with van der Waals surface area (Å²) in [7, 11) is 5.45. The highest BCUT2D eigenvalue weighted by Gasteiger charge is 2.29. The van der Waals surface area contributed by atoms with E-state index in [2.05, 4.69) is 5.32 Å². The van der Waals surface area contributed by atoms with Crippen LogP contribution in [0.5, 0.6) is 0 Å².